The van der Waals surface area contributed by atoms with Gasteiger partial charge in [0.05, 0.1) is 7.11 Å². The lowest BCUT2D eigenvalue weighted by molar-refractivity contribution is -0.158. The van der Waals surface area contributed by atoms with Crippen molar-refractivity contribution in [2.24, 2.45) is 5.92 Å². The number of nitrogens with one attached hydrogen (secondary N) is 1. The summed E-state index contributed by atoms with van der Waals surface area (Å²) in [7, 11) is 1.65. The first-order valence-corrected chi connectivity index (χ1v) is 7.80. The molecule has 0 bridgehead atoms. The van der Waals surface area contributed by atoms with Crippen LogP contribution in [0.25, 0.3) is 0 Å². The standard InChI is InChI=1S/C18H29NO3/c1-13(2)11-16(17(20)22-18(3,4)5)19-12-14-7-9-15(21-6)10-8-14/h7-10,13,16,19H,11-12H2,1-6H3/t16-/m0/s1. The molecule has 1 aromatic rings. The van der Waals surface area contributed by atoms with Crippen LogP contribution in [0.15, 0.2) is 24.3 Å². The second-order valence-corrected chi connectivity index (χ2v) is 6.94. The smallest absolute Gasteiger partial charge is 0.323 e. The number of methoxy groups -OCH3 is 1. The third-order valence-electron chi connectivity index (χ3n) is 3.11. The third-order valence-corrected chi connectivity index (χ3v) is 3.11. The number of carbonyl (C=O) groups excluding carboxylic acids is 1. The number of hydrogen-bond acceptors (Lipinski definition) is 4. The number of hydrogen-bond donors (Lipinski definition) is 1. The number of benzene rings is 1. The molecule has 1 aromatic carbocycles. The fourth-order valence-corrected chi connectivity index (χ4v) is 2.09. The van der Waals surface area contributed by atoms with Gasteiger partial charge in [0.2, 0.25) is 0 Å². The van der Waals surface area contributed by atoms with E-state index in [0.29, 0.717) is 12.5 Å². The average Bonchev–Trinajstić information content (AvgIpc) is 2.41. The van der Waals surface area contributed by atoms with E-state index in [1.165, 1.54) is 0 Å². The zero-order valence-corrected chi connectivity index (χ0v) is 14.6. The van der Waals surface area contributed by atoms with Gasteiger partial charge in [0, 0.05) is 6.54 Å². The molecule has 0 aromatic heterocycles. The van der Waals surface area contributed by atoms with Crippen molar-refractivity contribution in [2.75, 3.05) is 7.11 Å². The summed E-state index contributed by atoms with van der Waals surface area (Å²) in [5, 5.41) is 3.31. The molecule has 0 saturated carbocycles. The molecule has 0 aliphatic heterocycles. The predicted octanol–water partition coefficient (Wildman–Crippen LogP) is 3.54. The van der Waals surface area contributed by atoms with Gasteiger partial charge in [-0.2, -0.15) is 0 Å². The van der Waals surface area contributed by atoms with Gasteiger partial charge in [-0.05, 0) is 50.8 Å². The Labute approximate surface area is 134 Å². The molecular weight excluding hydrogens is 278 g/mol. The number of carbonyl (C=O) groups is 1. The fourth-order valence-electron chi connectivity index (χ4n) is 2.09. The first-order valence-electron chi connectivity index (χ1n) is 7.80. The van der Waals surface area contributed by atoms with Gasteiger partial charge in [-0.1, -0.05) is 26.0 Å². The lowest BCUT2D eigenvalue weighted by Crippen LogP contribution is -2.41. The van der Waals surface area contributed by atoms with E-state index in [1.807, 2.05) is 45.0 Å². The molecule has 1 N–H and O–H groups in total. The fraction of sp³-hybridized carbons (Fsp3) is 0.611. The van der Waals surface area contributed by atoms with Gasteiger partial charge >= 0.3 is 5.97 Å². The highest BCUT2D eigenvalue weighted by Gasteiger charge is 2.25. The van der Waals surface area contributed by atoms with Crippen LogP contribution in [0.5, 0.6) is 5.75 Å². The van der Waals surface area contributed by atoms with Crippen LogP contribution in [-0.2, 0) is 16.1 Å². The van der Waals surface area contributed by atoms with Gasteiger partial charge in [-0.15, -0.1) is 0 Å². The van der Waals surface area contributed by atoms with E-state index in [1.54, 1.807) is 7.11 Å². The maximum Gasteiger partial charge on any atom is 0.323 e. The van der Waals surface area contributed by atoms with E-state index in [-0.39, 0.29) is 12.0 Å². The Kier molecular flexibility index (Phi) is 6.88. The van der Waals surface area contributed by atoms with Crippen LogP contribution in [0.2, 0.25) is 0 Å². The molecule has 0 fully saturated rings. The van der Waals surface area contributed by atoms with E-state index in [0.717, 1.165) is 17.7 Å². The average molecular weight is 307 g/mol. The molecule has 4 heteroatoms. The molecule has 4 nitrogen and oxygen atoms in total. The molecule has 0 radical (unpaired) electrons. The first-order chi connectivity index (χ1) is 10.2. The van der Waals surface area contributed by atoms with Crippen molar-refractivity contribution in [3.8, 4) is 5.75 Å². The molecule has 1 atom stereocenters. The second kappa shape index (κ2) is 8.18. The Morgan fingerprint density at radius 3 is 2.23 bits per heavy atom. The Bertz CT molecular complexity index is 460. The summed E-state index contributed by atoms with van der Waals surface area (Å²) in [5.41, 5.74) is 0.645. The third kappa shape index (κ3) is 6.94. The van der Waals surface area contributed by atoms with Crippen molar-refractivity contribution < 1.29 is 14.3 Å². The van der Waals surface area contributed by atoms with Crippen LogP contribution in [0, 0.1) is 5.92 Å². The molecule has 0 unspecified atom stereocenters. The van der Waals surface area contributed by atoms with Crippen molar-refractivity contribution in [1.82, 2.24) is 5.32 Å². The predicted molar refractivity (Wildman–Crippen MR) is 88.9 cm³/mol. The highest BCUT2D eigenvalue weighted by atomic mass is 16.6. The largest absolute Gasteiger partial charge is 0.497 e. The number of esters is 1. The Hall–Kier alpha value is -1.55. The molecule has 0 amide bonds. The van der Waals surface area contributed by atoms with Crippen molar-refractivity contribution >= 4 is 5.97 Å². The Morgan fingerprint density at radius 2 is 1.77 bits per heavy atom. The summed E-state index contributed by atoms with van der Waals surface area (Å²) in [6.07, 6.45) is 0.755. The second-order valence-electron chi connectivity index (χ2n) is 6.94. The van der Waals surface area contributed by atoms with Crippen molar-refractivity contribution in [2.45, 2.75) is 59.2 Å². The van der Waals surface area contributed by atoms with Gasteiger partial charge in [-0.3, -0.25) is 4.79 Å². The molecular formula is C18H29NO3. The van der Waals surface area contributed by atoms with Crippen molar-refractivity contribution in [3.05, 3.63) is 29.8 Å². The summed E-state index contributed by atoms with van der Waals surface area (Å²) < 4.78 is 10.7. The Balaban J connectivity index is 2.65. The van der Waals surface area contributed by atoms with Gasteiger partial charge in [0.15, 0.2) is 0 Å². The van der Waals surface area contributed by atoms with Crippen LogP contribution in [0.3, 0.4) is 0 Å². The van der Waals surface area contributed by atoms with Gasteiger partial charge < -0.3 is 14.8 Å². The molecule has 0 heterocycles. The number of ether oxygens (including phenoxy) is 2. The maximum absolute atomic E-state index is 12.3. The highest BCUT2D eigenvalue weighted by molar-refractivity contribution is 5.76. The van der Waals surface area contributed by atoms with Gasteiger partial charge in [-0.25, -0.2) is 0 Å². The van der Waals surface area contributed by atoms with Crippen molar-refractivity contribution in [3.63, 3.8) is 0 Å². The summed E-state index contributed by atoms with van der Waals surface area (Å²) in [6.45, 7) is 10.5. The van der Waals surface area contributed by atoms with Crippen LogP contribution < -0.4 is 10.1 Å². The lowest BCUT2D eigenvalue weighted by Gasteiger charge is -2.25. The summed E-state index contributed by atoms with van der Waals surface area (Å²) in [4.78, 5) is 12.3. The SMILES string of the molecule is COc1ccc(CN[C@@H](CC(C)C)C(=O)OC(C)(C)C)cc1. The minimum Gasteiger partial charge on any atom is -0.497 e. The van der Waals surface area contributed by atoms with Crippen LogP contribution in [-0.4, -0.2) is 24.7 Å². The van der Waals surface area contributed by atoms with E-state index in [9.17, 15) is 4.79 Å². The lowest BCUT2D eigenvalue weighted by atomic mass is 10.0. The summed E-state index contributed by atoms with van der Waals surface area (Å²) in [6, 6.07) is 7.53. The molecule has 0 saturated heterocycles. The molecule has 22 heavy (non-hydrogen) atoms. The van der Waals surface area contributed by atoms with E-state index < -0.39 is 5.60 Å². The zero-order valence-electron chi connectivity index (χ0n) is 14.6. The van der Waals surface area contributed by atoms with Crippen molar-refractivity contribution in [1.29, 1.82) is 0 Å². The Morgan fingerprint density at radius 1 is 1.18 bits per heavy atom. The normalized spacial score (nSPS) is 13.0. The first kappa shape index (κ1) is 18.5. The van der Waals surface area contributed by atoms with Crippen LogP contribution in [0.4, 0.5) is 0 Å². The molecule has 0 spiro atoms. The van der Waals surface area contributed by atoms with E-state index >= 15 is 0 Å². The molecule has 0 aliphatic rings. The van der Waals surface area contributed by atoms with Crippen LogP contribution >= 0.6 is 0 Å². The summed E-state index contributed by atoms with van der Waals surface area (Å²) >= 11 is 0. The number of rotatable bonds is 7. The highest BCUT2D eigenvalue weighted by Crippen LogP contribution is 2.15. The molecule has 1 rings (SSSR count). The monoisotopic (exact) mass is 307 g/mol. The van der Waals surface area contributed by atoms with Gasteiger partial charge in [0.1, 0.15) is 17.4 Å². The van der Waals surface area contributed by atoms with E-state index in [4.69, 9.17) is 9.47 Å². The topological polar surface area (TPSA) is 47.6 Å². The van der Waals surface area contributed by atoms with E-state index in [2.05, 4.69) is 19.2 Å². The zero-order chi connectivity index (χ0) is 16.8. The van der Waals surface area contributed by atoms with Gasteiger partial charge in [0.25, 0.3) is 0 Å². The molecule has 124 valence electrons. The maximum atomic E-state index is 12.3. The quantitative estimate of drug-likeness (QED) is 0.783. The summed E-state index contributed by atoms with van der Waals surface area (Å²) in [5.74, 6) is 1.06. The molecule has 0 aliphatic carbocycles. The van der Waals surface area contributed by atoms with Crippen LogP contribution in [0.1, 0.15) is 46.6 Å². The minimum atomic E-state index is -0.464. The minimum absolute atomic E-state index is 0.185.